The second-order valence-corrected chi connectivity index (χ2v) is 7.80. The molecule has 0 amide bonds. The molecule has 1 fully saturated rings. The first kappa shape index (κ1) is 19.9. The Bertz CT molecular complexity index is 1100. The number of morpholine rings is 1. The van der Waals surface area contributed by atoms with Crippen LogP contribution in [0, 0.1) is 0 Å². The van der Waals surface area contributed by atoms with Gasteiger partial charge in [0.15, 0.2) is 17.5 Å². The molecule has 1 unspecified atom stereocenters. The van der Waals surface area contributed by atoms with Crippen LogP contribution in [0.15, 0.2) is 24.3 Å². The molecule has 3 aromatic rings. The van der Waals surface area contributed by atoms with E-state index in [-0.39, 0.29) is 11.9 Å². The van der Waals surface area contributed by atoms with Crippen molar-refractivity contribution in [2.45, 2.75) is 32.7 Å². The number of nitrogens with one attached hydrogen (secondary N) is 1. The van der Waals surface area contributed by atoms with Gasteiger partial charge in [0.1, 0.15) is 5.69 Å². The van der Waals surface area contributed by atoms with Gasteiger partial charge in [-0.1, -0.05) is 19.1 Å². The van der Waals surface area contributed by atoms with Gasteiger partial charge in [0.05, 0.1) is 30.9 Å². The summed E-state index contributed by atoms with van der Waals surface area (Å²) >= 11 is 0. The van der Waals surface area contributed by atoms with Gasteiger partial charge in [-0.25, -0.2) is 13.8 Å². The number of ether oxygens (including phenoxy) is 1. The van der Waals surface area contributed by atoms with E-state index in [2.05, 4.69) is 29.0 Å². The number of benzene rings is 1. The highest BCUT2D eigenvalue weighted by molar-refractivity contribution is 5.84. The fourth-order valence-electron chi connectivity index (χ4n) is 4.10. The van der Waals surface area contributed by atoms with Crippen molar-refractivity contribution in [1.82, 2.24) is 19.5 Å². The summed E-state index contributed by atoms with van der Waals surface area (Å²) in [4.78, 5) is 18.0. The van der Waals surface area contributed by atoms with Crippen molar-refractivity contribution in [2.75, 3.05) is 48.1 Å². The van der Waals surface area contributed by atoms with Gasteiger partial charge >= 0.3 is 0 Å². The predicted octanol–water partition coefficient (Wildman–Crippen LogP) is 3.58. The molecule has 2 aromatic heterocycles. The van der Waals surface area contributed by atoms with Gasteiger partial charge in [-0.2, -0.15) is 9.97 Å². The number of hydrogen-bond acceptors (Lipinski definition) is 7. The summed E-state index contributed by atoms with van der Waals surface area (Å²) in [5.41, 5.74) is 1.76. The Labute approximate surface area is 178 Å². The van der Waals surface area contributed by atoms with E-state index in [4.69, 9.17) is 14.7 Å². The highest BCUT2D eigenvalue weighted by Gasteiger charge is 2.32. The predicted molar refractivity (Wildman–Crippen MR) is 115 cm³/mol. The maximum atomic E-state index is 14.0. The number of fused-ring (bicyclic) bond motifs is 2. The molecule has 164 valence electrons. The van der Waals surface area contributed by atoms with Crippen LogP contribution in [0.2, 0.25) is 0 Å². The van der Waals surface area contributed by atoms with Gasteiger partial charge in [0, 0.05) is 19.1 Å². The molecule has 1 aromatic carbocycles. The highest BCUT2D eigenvalue weighted by Crippen LogP contribution is 2.40. The van der Waals surface area contributed by atoms with Crippen molar-refractivity contribution in [3.05, 3.63) is 30.1 Å². The molecule has 0 bridgehead atoms. The Morgan fingerprint density at radius 1 is 1.10 bits per heavy atom. The van der Waals surface area contributed by atoms with Gasteiger partial charge in [0.2, 0.25) is 5.95 Å². The molecule has 0 saturated carbocycles. The van der Waals surface area contributed by atoms with Crippen molar-refractivity contribution < 1.29 is 13.5 Å². The molecular formula is C21H25F2N7O. The first-order valence-corrected chi connectivity index (χ1v) is 10.6. The number of anilines is 3. The molecule has 8 nitrogen and oxygen atoms in total. The summed E-state index contributed by atoms with van der Waals surface area (Å²) in [5, 5.41) is 3.35. The molecule has 31 heavy (non-hydrogen) atoms. The monoisotopic (exact) mass is 429 g/mol. The number of rotatable bonds is 5. The molecule has 1 N–H and O–H groups in total. The van der Waals surface area contributed by atoms with Gasteiger partial charge in [0.25, 0.3) is 6.43 Å². The molecule has 0 radical (unpaired) electrons. The largest absolute Gasteiger partial charge is 0.378 e. The summed E-state index contributed by atoms with van der Waals surface area (Å²) in [6.45, 7) is 7.27. The SMILES string of the molecule is CCC(C)N1CNc2c1nc(N1CCOCC1)nc2-n1c(C(F)F)nc2ccccc21. The van der Waals surface area contributed by atoms with Gasteiger partial charge in [-0.3, -0.25) is 4.57 Å². The zero-order chi connectivity index (χ0) is 21.5. The zero-order valence-corrected chi connectivity index (χ0v) is 17.6. The topological polar surface area (TPSA) is 71.3 Å². The van der Waals surface area contributed by atoms with Gasteiger partial charge in [-0.05, 0) is 25.5 Å². The maximum absolute atomic E-state index is 14.0. The number of hydrogen-bond donors (Lipinski definition) is 1. The molecule has 2 aliphatic heterocycles. The van der Waals surface area contributed by atoms with Crippen molar-refractivity contribution in [2.24, 2.45) is 0 Å². The van der Waals surface area contributed by atoms with Crippen molar-refractivity contribution in [3.8, 4) is 5.82 Å². The van der Waals surface area contributed by atoms with E-state index in [1.807, 2.05) is 11.0 Å². The van der Waals surface area contributed by atoms with Crippen LogP contribution in [0.1, 0.15) is 32.5 Å². The summed E-state index contributed by atoms with van der Waals surface area (Å²) < 4.78 is 35.0. The average Bonchev–Trinajstić information content (AvgIpc) is 3.40. The number of aromatic nitrogens is 4. The third-order valence-corrected chi connectivity index (χ3v) is 5.97. The lowest BCUT2D eigenvalue weighted by Gasteiger charge is -2.29. The van der Waals surface area contributed by atoms with Crippen LogP contribution in [0.3, 0.4) is 0 Å². The molecule has 0 spiro atoms. The Balaban J connectivity index is 1.75. The third kappa shape index (κ3) is 3.34. The Kier molecular flexibility index (Phi) is 5.09. The minimum Gasteiger partial charge on any atom is -0.378 e. The van der Waals surface area contributed by atoms with Crippen LogP contribution < -0.4 is 15.1 Å². The van der Waals surface area contributed by atoms with E-state index in [0.29, 0.717) is 61.5 Å². The second-order valence-electron chi connectivity index (χ2n) is 7.80. The molecule has 1 saturated heterocycles. The molecule has 0 aliphatic carbocycles. The molecule has 5 rings (SSSR count). The quantitative estimate of drug-likeness (QED) is 0.665. The summed E-state index contributed by atoms with van der Waals surface area (Å²) in [5.74, 6) is 1.34. The average molecular weight is 429 g/mol. The van der Waals surface area contributed by atoms with Crippen LogP contribution in [0.5, 0.6) is 0 Å². The van der Waals surface area contributed by atoms with Crippen molar-refractivity contribution >= 4 is 28.5 Å². The van der Waals surface area contributed by atoms with E-state index < -0.39 is 6.43 Å². The molecule has 10 heteroatoms. The minimum absolute atomic E-state index is 0.239. The van der Waals surface area contributed by atoms with Gasteiger partial charge < -0.3 is 19.9 Å². The number of halogens is 2. The Morgan fingerprint density at radius 3 is 2.58 bits per heavy atom. The van der Waals surface area contributed by atoms with E-state index in [1.165, 1.54) is 4.57 Å². The van der Waals surface area contributed by atoms with Crippen molar-refractivity contribution in [1.29, 1.82) is 0 Å². The Hall–Kier alpha value is -3.01. The molecular weight excluding hydrogens is 404 g/mol. The van der Waals surface area contributed by atoms with Gasteiger partial charge in [-0.15, -0.1) is 0 Å². The molecule has 4 heterocycles. The van der Waals surface area contributed by atoms with Crippen LogP contribution in [-0.2, 0) is 4.74 Å². The number of nitrogens with zero attached hydrogens (tertiary/aromatic N) is 6. The first-order chi connectivity index (χ1) is 15.1. The summed E-state index contributed by atoms with van der Waals surface area (Å²) in [7, 11) is 0. The van der Waals surface area contributed by atoms with E-state index in [0.717, 1.165) is 12.2 Å². The molecule has 1 atom stereocenters. The maximum Gasteiger partial charge on any atom is 0.296 e. The third-order valence-electron chi connectivity index (χ3n) is 5.97. The van der Waals surface area contributed by atoms with Crippen LogP contribution in [0.4, 0.5) is 26.2 Å². The molecule has 2 aliphatic rings. The van der Waals surface area contributed by atoms with E-state index in [1.54, 1.807) is 18.2 Å². The number of alkyl halides is 2. The fraction of sp³-hybridized carbons (Fsp3) is 0.476. The van der Waals surface area contributed by atoms with E-state index in [9.17, 15) is 8.78 Å². The lowest BCUT2D eigenvalue weighted by molar-refractivity contribution is 0.122. The smallest absolute Gasteiger partial charge is 0.296 e. The summed E-state index contributed by atoms with van der Waals surface area (Å²) in [6, 6.07) is 7.38. The highest BCUT2D eigenvalue weighted by atomic mass is 19.3. The van der Waals surface area contributed by atoms with Crippen LogP contribution in [0.25, 0.3) is 16.9 Å². The second kappa shape index (κ2) is 7.92. The first-order valence-electron chi connectivity index (χ1n) is 10.6. The lowest BCUT2D eigenvalue weighted by Crippen LogP contribution is -2.38. The minimum atomic E-state index is -2.74. The van der Waals surface area contributed by atoms with Crippen molar-refractivity contribution in [3.63, 3.8) is 0 Å². The normalized spacial score (nSPS) is 17.3. The summed E-state index contributed by atoms with van der Waals surface area (Å²) in [6.07, 6.45) is -1.80. The standard InChI is InChI=1S/C21H25F2N7O/c1-3-13(2)29-12-24-16-18(29)26-21(28-8-10-31-11-9-28)27-19(16)30-15-7-5-4-6-14(15)25-20(30)17(22)23/h4-7,13,17,24H,3,8-12H2,1-2H3. The van der Waals surface area contributed by atoms with Crippen LogP contribution in [-0.4, -0.2) is 58.5 Å². The fourth-order valence-corrected chi connectivity index (χ4v) is 4.10. The number of para-hydroxylation sites is 2. The van der Waals surface area contributed by atoms with E-state index >= 15 is 0 Å². The Morgan fingerprint density at radius 2 is 1.84 bits per heavy atom. The number of imidazole rings is 1. The lowest BCUT2D eigenvalue weighted by atomic mass is 10.2. The zero-order valence-electron chi connectivity index (χ0n) is 17.6. The van der Waals surface area contributed by atoms with Crippen LogP contribution >= 0.6 is 0 Å².